The van der Waals surface area contributed by atoms with E-state index < -0.39 is 10.1 Å². The fourth-order valence-electron chi connectivity index (χ4n) is 6.10. The molecule has 0 atom stereocenters. The Bertz CT molecular complexity index is 2170. The van der Waals surface area contributed by atoms with Crippen molar-refractivity contribution < 1.29 is 17.4 Å². The lowest BCUT2D eigenvalue weighted by atomic mass is 9.93. The standard InChI is InChI=1S/C37H34N2O4S/c1-5-38(32-16-10-7-13-25(32)3)27-19-21-29-34(23-27)43-35-24-28(39(6-2)33-17-11-8-14-26(33)4)20-22-30(35)37(29)31-15-9-12-18-36(31)44(40,41)42/h7-24H,5-6H2,1-4H3. The average Bonchev–Trinajstić information content (AvgIpc) is 3.02. The van der Waals surface area contributed by atoms with Gasteiger partial charge in [-0.25, -0.2) is 8.42 Å². The maximum Gasteiger partial charge on any atom is 0.209 e. The summed E-state index contributed by atoms with van der Waals surface area (Å²) < 4.78 is 46.2. The number of aryl methyl sites for hydroxylation is 2. The van der Waals surface area contributed by atoms with E-state index in [0.717, 1.165) is 57.6 Å². The number of anilines is 2. The summed E-state index contributed by atoms with van der Waals surface area (Å²) in [6.45, 7) is 9.86. The third kappa shape index (κ3) is 5.29. The normalized spacial score (nSPS) is 12.5. The molecule has 0 fully saturated rings. The van der Waals surface area contributed by atoms with E-state index in [1.807, 2.05) is 60.7 Å². The molecule has 6 rings (SSSR count). The highest BCUT2D eigenvalue weighted by molar-refractivity contribution is 7.85. The molecule has 0 bridgehead atoms. The van der Waals surface area contributed by atoms with Gasteiger partial charge in [0.1, 0.15) is 28.0 Å². The number of hydrogen-bond donors (Lipinski definition) is 0. The topological polar surface area (TPSA) is 76.6 Å². The Balaban J connectivity index is 1.70. The number of para-hydroxylation sites is 2. The van der Waals surface area contributed by atoms with Crippen molar-refractivity contribution in [3.8, 4) is 22.5 Å². The zero-order valence-electron chi connectivity index (χ0n) is 25.2. The quantitative estimate of drug-likeness (QED) is 0.105. The average molecular weight is 603 g/mol. The Labute approximate surface area is 258 Å². The number of rotatable bonds is 7. The van der Waals surface area contributed by atoms with Gasteiger partial charge in [-0.05, 0) is 63.6 Å². The Morgan fingerprint density at radius 2 is 1.48 bits per heavy atom. The first-order valence-corrected chi connectivity index (χ1v) is 16.2. The predicted molar refractivity (Wildman–Crippen MR) is 177 cm³/mol. The van der Waals surface area contributed by atoms with E-state index in [1.165, 1.54) is 6.07 Å². The molecule has 0 saturated carbocycles. The van der Waals surface area contributed by atoms with Crippen molar-refractivity contribution >= 4 is 38.1 Å². The van der Waals surface area contributed by atoms with Crippen LogP contribution in [0.3, 0.4) is 0 Å². The number of fused-ring (bicyclic) bond motifs is 2. The van der Waals surface area contributed by atoms with E-state index in [4.69, 9.17) is 4.42 Å². The van der Waals surface area contributed by atoms with Crippen molar-refractivity contribution in [2.24, 2.45) is 0 Å². The van der Waals surface area contributed by atoms with E-state index >= 15 is 0 Å². The lowest BCUT2D eigenvalue weighted by Gasteiger charge is -2.26. The van der Waals surface area contributed by atoms with Crippen LogP contribution < -0.4 is 14.8 Å². The molecule has 0 unspecified atom stereocenters. The molecule has 0 aromatic heterocycles. The Morgan fingerprint density at radius 1 is 0.773 bits per heavy atom. The summed E-state index contributed by atoms with van der Waals surface area (Å²) in [7, 11) is -4.75. The van der Waals surface area contributed by atoms with Crippen LogP contribution in [0.5, 0.6) is 0 Å². The zero-order valence-corrected chi connectivity index (χ0v) is 26.1. The van der Waals surface area contributed by atoms with Gasteiger partial charge in [0.05, 0.1) is 11.0 Å². The van der Waals surface area contributed by atoms with Crippen LogP contribution in [0, 0.1) is 13.8 Å². The largest absolute Gasteiger partial charge is 0.744 e. The minimum Gasteiger partial charge on any atom is -0.744 e. The van der Waals surface area contributed by atoms with Gasteiger partial charge in [-0.1, -0.05) is 54.6 Å². The van der Waals surface area contributed by atoms with Crippen LogP contribution in [0.15, 0.2) is 119 Å². The highest BCUT2D eigenvalue weighted by Crippen LogP contribution is 2.43. The van der Waals surface area contributed by atoms with Gasteiger partial charge < -0.3 is 13.9 Å². The SMILES string of the molecule is CCN(c1ccc2c(-c3ccccc3S(=O)(=O)[O-])c3ccc(=[N+](CC)c4ccccc4C)cc-3oc2c1)c1ccccc1C. The van der Waals surface area contributed by atoms with Crippen LogP contribution in [0.2, 0.25) is 0 Å². The molecule has 4 aromatic carbocycles. The molecular weight excluding hydrogens is 568 g/mol. The highest BCUT2D eigenvalue weighted by Gasteiger charge is 2.23. The molecule has 0 amide bonds. The summed E-state index contributed by atoms with van der Waals surface area (Å²) >= 11 is 0. The van der Waals surface area contributed by atoms with Crippen LogP contribution >= 0.6 is 0 Å². The van der Waals surface area contributed by atoms with Crippen LogP contribution in [0.4, 0.5) is 17.1 Å². The van der Waals surface area contributed by atoms with Gasteiger partial charge in [-0.2, -0.15) is 4.58 Å². The van der Waals surface area contributed by atoms with Crippen molar-refractivity contribution in [2.45, 2.75) is 32.6 Å². The molecule has 1 aliphatic carbocycles. The molecule has 0 saturated heterocycles. The maximum atomic E-state index is 12.4. The van der Waals surface area contributed by atoms with E-state index in [2.05, 4.69) is 61.4 Å². The minimum atomic E-state index is -4.75. The van der Waals surface area contributed by atoms with E-state index in [9.17, 15) is 13.0 Å². The van der Waals surface area contributed by atoms with E-state index in [0.29, 0.717) is 22.5 Å². The second-order valence-electron chi connectivity index (χ2n) is 10.8. The fourth-order valence-corrected chi connectivity index (χ4v) is 6.79. The van der Waals surface area contributed by atoms with Crippen molar-refractivity contribution in [3.05, 3.63) is 126 Å². The van der Waals surface area contributed by atoms with E-state index in [-0.39, 0.29) is 4.90 Å². The molecule has 0 radical (unpaired) electrons. The fraction of sp³-hybridized carbons (Fsp3) is 0.162. The van der Waals surface area contributed by atoms with Crippen molar-refractivity contribution in [1.29, 1.82) is 0 Å². The monoisotopic (exact) mass is 602 g/mol. The first-order valence-electron chi connectivity index (χ1n) is 14.8. The second-order valence-corrected chi connectivity index (χ2v) is 12.2. The molecule has 44 heavy (non-hydrogen) atoms. The molecule has 1 heterocycles. The van der Waals surface area contributed by atoms with Crippen LogP contribution in [0.25, 0.3) is 33.4 Å². The molecule has 4 aromatic rings. The van der Waals surface area contributed by atoms with Gasteiger partial charge in [-0.15, -0.1) is 0 Å². The number of hydrogen-bond acceptors (Lipinski definition) is 5. The van der Waals surface area contributed by atoms with Gasteiger partial charge >= 0.3 is 0 Å². The van der Waals surface area contributed by atoms with Gasteiger partial charge in [0.15, 0.2) is 0 Å². The number of nitrogens with zero attached hydrogens (tertiary/aromatic N) is 2. The molecule has 2 aliphatic rings. The second kappa shape index (κ2) is 11.8. The summed E-state index contributed by atoms with van der Waals surface area (Å²) in [5, 5.41) is 1.66. The summed E-state index contributed by atoms with van der Waals surface area (Å²) in [5.74, 6) is 0.589. The van der Waals surface area contributed by atoms with Crippen LogP contribution in [0.1, 0.15) is 25.0 Å². The van der Waals surface area contributed by atoms with Gasteiger partial charge in [0, 0.05) is 63.8 Å². The summed E-state index contributed by atoms with van der Waals surface area (Å²) in [6.07, 6.45) is 0. The maximum absolute atomic E-state index is 12.4. The Hall–Kier alpha value is -4.72. The summed E-state index contributed by atoms with van der Waals surface area (Å²) in [5.41, 5.74) is 7.75. The predicted octanol–water partition coefficient (Wildman–Crippen LogP) is 8.01. The Kier molecular flexibility index (Phi) is 7.84. The first kappa shape index (κ1) is 29.4. The zero-order chi connectivity index (χ0) is 31.0. The third-order valence-corrected chi connectivity index (χ3v) is 9.08. The van der Waals surface area contributed by atoms with Gasteiger partial charge in [-0.3, -0.25) is 0 Å². The smallest absolute Gasteiger partial charge is 0.209 e. The lowest BCUT2D eigenvalue weighted by molar-refractivity contribution is 0.463. The molecule has 0 spiro atoms. The molecule has 222 valence electrons. The molecular formula is C37H34N2O4S. The lowest BCUT2D eigenvalue weighted by Crippen LogP contribution is -2.25. The third-order valence-electron chi connectivity index (χ3n) is 8.18. The first-order chi connectivity index (χ1) is 21.2. The van der Waals surface area contributed by atoms with Crippen molar-refractivity contribution in [3.63, 3.8) is 0 Å². The van der Waals surface area contributed by atoms with Crippen molar-refractivity contribution in [2.75, 3.05) is 18.0 Å². The Morgan fingerprint density at radius 3 is 2.18 bits per heavy atom. The molecule has 0 N–H and O–H groups in total. The summed E-state index contributed by atoms with van der Waals surface area (Å²) in [6, 6.07) is 34.8. The minimum absolute atomic E-state index is 0.257. The van der Waals surface area contributed by atoms with Crippen molar-refractivity contribution in [1.82, 2.24) is 4.58 Å². The molecule has 1 aliphatic heterocycles. The molecule has 7 heteroatoms. The van der Waals surface area contributed by atoms with Gasteiger partial charge in [0.2, 0.25) is 11.0 Å². The van der Waals surface area contributed by atoms with E-state index in [1.54, 1.807) is 18.2 Å². The van der Waals surface area contributed by atoms with Gasteiger partial charge in [0.25, 0.3) is 0 Å². The molecule has 6 nitrogen and oxygen atoms in total. The number of benzene rings is 5. The van der Waals surface area contributed by atoms with Crippen LogP contribution in [-0.4, -0.2) is 26.1 Å². The summed E-state index contributed by atoms with van der Waals surface area (Å²) in [4.78, 5) is 1.96. The highest BCUT2D eigenvalue weighted by atomic mass is 32.2. The van der Waals surface area contributed by atoms with Crippen LogP contribution in [-0.2, 0) is 10.1 Å².